The molecule has 0 heterocycles. The smallest absolute Gasteiger partial charge is 0.240 e. The van der Waals surface area contributed by atoms with Gasteiger partial charge in [-0.15, -0.1) is 0 Å². The van der Waals surface area contributed by atoms with Crippen molar-refractivity contribution in [3.63, 3.8) is 0 Å². The molecule has 0 amide bonds. The zero-order chi connectivity index (χ0) is 14.0. The normalized spacial score (nSPS) is 23.5. The predicted octanol–water partition coefficient (Wildman–Crippen LogP) is 1.74. The van der Waals surface area contributed by atoms with Crippen molar-refractivity contribution in [2.45, 2.75) is 37.1 Å². The van der Waals surface area contributed by atoms with Gasteiger partial charge in [0.1, 0.15) is 5.75 Å². The van der Waals surface area contributed by atoms with Gasteiger partial charge in [0.05, 0.1) is 17.7 Å². The van der Waals surface area contributed by atoms with Crippen LogP contribution in [-0.4, -0.2) is 21.6 Å². The zero-order valence-corrected chi connectivity index (χ0v) is 12.0. The number of methoxy groups -OCH3 is 1. The summed E-state index contributed by atoms with van der Waals surface area (Å²) in [5.74, 6) is 0.860. The number of ether oxygens (including phenoxy) is 1. The maximum atomic E-state index is 12.3. The Hall–Kier alpha value is -1.27. The van der Waals surface area contributed by atoms with E-state index in [1.165, 1.54) is 19.2 Å². The third-order valence-electron chi connectivity index (χ3n) is 3.68. The summed E-state index contributed by atoms with van der Waals surface area (Å²) in [6.07, 6.45) is 3.03. The van der Waals surface area contributed by atoms with Crippen LogP contribution in [0, 0.1) is 5.92 Å². The average molecular weight is 284 g/mol. The Labute approximate surface area is 114 Å². The van der Waals surface area contributed by atoms with Gasteiger partial charge in [-0.3, -0.25) is 0 Å². The van der Waals surface area contributed by atoms with Gasteiger partial charge in [-0.05, 0) is 37.0 Å². The molecule has 1 aliphatic carbocycles. The van der Waals surface area contributed by atoms with Crippen LogP contribution in [0.25, 0.3) is 0 Å². The maximum absolute atomic E-state index is 12.3. The summed E-state index contributed by atoms with van der Waals surface area (Å²) in [5.41, 5.74) is 6.07. The van der Waals surface area contributed by atoms with Crippen molar-refractivity contribution in [1.29, 1.82) is 0 Å². The molecule has 1 aliphatic rings. The van der Waals surface area contributed by atoms with E-state index in [9.17, 15) is 8.42 Å². The molecule has 0 aromatic heterocycles. The molecule has 5 nitrogen and oxygen atoms in total. The molecule has 1 saturated carbocycles. The molecule has 0 spiro atoms. The van der Waals surface area contributed by atoms with Crippen LogP contribution >= 0.6 is 0 Å². The van der Waals surface area contributed by atoms with Crippen molar-refractivity contribution >= 4 is 15.7 Å². The van der Waals surface area contributed by atoms with Gasteiger partial charge in [-0.1, -0.05) is 13.3 Å². The molecular formula is C13H20N2O3S. The van der Waals surface area contributed by atoms with Crippen LogP contribution in [0.5, 0.6) is 5.75 Å². The zero-order valence-electron chi connectivity index (χ0n) is 11.2. The fourth-order valence-electron chi connectivity index (χ4n) is 2.47. The SMILES string of the molecule is COc1ccc(S(=O)(=O)NC2CCCC2C)cc1N. The minimum Gasteiger partial charge on any atom is -0.495 e. The van der Waals surface area contributed by atoms with Crippen molar-refractivity contribution in [3.05, 3.63) is 18.2 Å². The van der Waals surface area contributed by atoms with Crippen LogP contribution in [0.1, 0.15) is 26.2 Å². The first-order chi connectivity index (χ1) is 8.94. The molecule has 0 aliphatic heterocycles. The first kappa shape index (κ1) is 14.1. The summed E-state index contributed by atoms with van der Waals surface area (Å²) in [4.78, 5) is 0.185. The number of anilines is 1. The third-order valence-corrected chi connectivity index (χ3v) is 5.17. The van der Waals surface area contributed by atoms with E-state index in [2.05, 4.69) is 11.6 Å². The summed E-state index contributed by atoms with van der Waals surface area (Å²) in [7, 11) is -2.01. The van der Waals surface area contributed by atoms with Crippen molar-refractivity contribution in [1.82, 2.24) is 4.72 Å². The molecule has 2 rings (SSSR count). The monoisotopic (exact) mass is 284 g/mol. The number of nitrogens with one attached hydrogen (secondary N) is 1. The molecule has 1 fully saturated rings. The molecule has 2 atom stereocenters. The lowest BCUT2D eigenvalue weighted by molar-refractivity contribution is 0.416. The maximum Gasteiger partial charge on any atom is 0.240 e. The van der Waals surface area contributed by atoms with Gasteiger partial charge in [0, 0.05) is 6.04 Å². The number of nitrogens with two attached hydrogens (primary N) is 1. The minimum atomic E-state index is -3.51. The molecule has 6 heteroatoms. The highest BCUT2D eigenvalue weighted by molar-refractivity contribution is 7.89. The number of nitrogen functional groups attached to an aromatic ring is 1. The van der Waals surface area contributed by atoms with E-state index in [-0.39, 0.29) is 10.9 Å². The van der Waals surface area contributed by atoms with E-state index < -0.39 is 10.0 Å². The summed E-state index contributed by atoms with van der Waals surface area (Å²) < 4.78 is 32.3. The van der Waals surface area contributed by atoms with Gasteiger partial charge in [-0.25, -0.2) is 13.1 Å². The third kappa shape index (κ3) is 3.01. The lowest BCUT2D eigenvalue weighted by Gasteiger charge is -2.17. The summed E-state index contributed by atoms with van der Waals surface area (Å²) in [5, 5.41) is 0. The molecule has 0 radical (unpaired) electrons. The molecule has 106 valence electrons. The molecular weight excluding hydrogens is 264 g/mol. The first-order valence-corrected chi connectivity index (χ1v) is 7.88. The predicted molar refractivity (Wildman–Crippen MR) is 74.5 cm³/mol. The first-order valence-electron chi connectivity index (χ1n) is 6.40. The van der Waals surface area contributed by atoms with E-state index in [0.717, 1.165) is 19.3 Å². The molecule has 19 heavy (non-hydrogen) atoms. The molecule has 1 aromatic rings. The van der Waals surface area contributed by atoms with E-state index >= 15 is 0 Å². The highest BCUT2D eigenvalue weighted by Crippen LogP contribution is 2.28. The average Bonchev–Trinajstić information content (AvgIpc) is 2.74. The quantitative estimate of drug-likeness (QED) is 0.825. The number of benzene rings is 1. The van der Waals surface area contributed by atoms with Crippen LogP contribution < -0.4 is 15.2 Å². The molecule has 0 bridgehead atoms. The van der Waals surface area contributed by atoms with E-state index in [1.807, 2.05) is 0 Å². The highest BCUT2D eigenvalue weighted by Gasteiger charge is 2.28. The standard InChI is InChI=1S/C13H20N2O3S/c1-9-4-3-5-12(9)15-19(16,17)10-6-7-13(18-2)11(14)8-10/h6-9,12,15H,3-5,14H2,1-2H3. The Kier molecular flexibility index (Phi) is 4.01. The second kappa shape index (κ2) is 5.38. The van der Waals surface area contributed by atoms with Gasteiger partial charge in [-0.2, -0.15) is 0 Å². The fourth-order valence-corrected chi connectivity index (χ4v) is 3.88. The van der Waals surface area contributed by atoms with Gasteiger partial charge in [0.15, 0.2) is 0 Å². The lowest BCUT2D eigenvalue weighted by atomic mass is 10.1. The van der Waals surface area contributed by atoms with E-state index in [1.54, 1.807) is 6.07 Å². The fraction of sp³-hybridized carbons (Fsp3) is 0.538. The van der Waals surface area contributed by atoms with Crippen LogP contribution in [0.2, 0.25) is 0 Å². The number of hydrogen-bond donors (Lipinski definition) is 2. The summed E-state index contributed by atoms with van der Waals surface area (Å²) in [6.45, 7) is 2.07. The van der Waals surface area contributed by atoms with Crippen molar-refractivity contribution in [2.75, 3.05) is 12.8 Å². The Morgan fingerprint density at radius 1 is 1.37 bits per heavy atom. The number of hydrogen-bond acceptors (Lipinski definition) is 4. The van der Waals surface area contributed by atoms with Crippen LogP contribution in [0.15, 0.2) is 23.1 Å². The Balaban J connectivity index is 2.22. The lowest BCUT2D eigenvalue weighted by Crippen LogP contribution is -2.36. The molecule has 3 N–H and O–H groups in total. The van der Waals surface area contributed by atoms with Gasteiger partial charge >= 0.3 is 0 Å². The Morgan fingerprint density at radius 2 is 2.11 bits per heavy atom. The Bertz CT molecular complexity index is 557. The van der Waals surface area contributed by atoms with Gasteiger partial charge in [0.2, 0.25) is 10.0 Å². The summed E-state index contributed by atoms with van der Waals surface area (Å²) >= 11 is 0. The Morgan fingerprint density at radius 3 is 2.63 bits per heavy atom. The number of rotatable bonds is 4. The van der Waals surface area contributed by atoms with Crippen molar-refractivity contribution < 1.29 is 13.2 Å². The second-order valence-corrected chi connectivity index (χ2v) is 6.75. The van der Waals surface area contributed by atoms with Crippen molar-refractivity contribution in [3.8, 4) is 5.75 Å². The molecule has 1 aromatic carbocycles. The molecule has 2 unspecified atom stereocenters. The van der Waals surface area contributed by atoms with Crippen LogP contribution in [0.4, 0.5) is 5.69 Å². The second-order valence-electron chi connectivity index (χ2n) is 5.04. The van der Waals surface area contributed by atoms with Gasteiger partial charge < -0.3 is 10.5 Å². The highest BCUT2D eigenvalue weighted by atomic mass is 32.2. The largest absolute Gasteiger partial charge is 0.495 e. The van der Waals surface area contributed by atoms with Crippen LogP contribution in [-0.2, 0) is 10.0 Å². The number of sulfonamides is 1. The van der Waals surface area contributed by atoms with Crippen molar-refractivity contribution in [2.24, 2.45) is 5.92 Å². The van der Waals surface area contributed by atoms with Gasteiger partial charge in [0.25, 0.3) is 0 Å². The minimum absolute atomic E-state index is 0.0216. The van der Waals surface area contributed by atoms with E-state index in [4.69, 9.17) is 10.5 Å². The van der Waals surface area contributed by atoms with Crippen LogP contribution in [0.3, 0.4) is 0 Å². The summed E-state index contributed by atoms with van der Waals surface area (Å²) in [6, 6.07) is 4.54. The van der Waals surface area contributed by atoms with E-state index in [0.29, 0.717) is 17.4 Å². The molecule has 0 saturated heterocycles. The topological polar surface area (TPSA) is 81.4 Å².